The summed E-state index contributed by atoms with van der Waals surface area (Å²) in [6.07, 6.45) is 6.12. The van der Waals surface area contributed by atoms with Gasteiger partial charge < -0.3 is 9.72 Å². The van der Waals surface area contributed by atoms with Crippen molar-refractivity contribution in [1.82, 2.24) is 14.4 Å². The minimum Gasteiger partial charge on any atom is -0.352 e. The van der Waals surface area contributed by atoms with Crippen LogP contribution in [0.1, 0.15) is 35.8 Å². The molecule has 2 aromatic heterocycles. The van der Waals surface area contributed by atoms with Gasteiger partial charge >= 0.3 is 0 Å². The number of rotatable bonds is 6. The number of benzene rings is 1. The van der Waals surface area contributed by atoms with Crippen LogP contribution in [-0.4, -0.2) is 33.5 Å². The van der Waals surface area contributed by atoms with Crippen molar-refractivity contribution in [2.24, 2.45) is 0 Å². The fourth-order valence-electron chi connectivity index (χ4n) is 3.22. The Labute approximate surface area is 186 Å². The first-order valence-corrected chi connectivity index (χ1v) is 10.8. The summed E-state index contributed by atoms with van der Waals surface area (Å²) >= 11 is 16.5. The van der Waals surface area contributed by atoms with E-state index in [1.54, 1.807) is 18.5 Å². The van der Waals surface area contributed by atoms with Gasteiger partial charge in [-0.2, -0.15) is 0 Å². The van der Waals surface area contributed by atoms with E-state index < -0.39 is 0 Å². The average molecular weight is 498 g/mol. The molecule has 9 heteroatoms. The fraction of sp³-hybridized carbons (Fsp3) is 0.300. The lowest BCUT2D eigenvalue weighted by atomic mass is 10.2. The van der Waals surface area contributed by atoms with Gasteiger partial charge in [0.25, 0.3) is 5.91 Å². The molecular formula is C20H19BrCl2N4O2. The molecule has 3 aromatic rings. The second-order valence-corrected chi connectivity index (χ2v) is 8.52. The lowest BCUT2D eigenvalue weighted by Crippen LogP contribution is -2.32. The molecule has 0 atom stereocenters. The van der Waals surface area contributed by atoms with Crippen LogP contribution in [0.25, 0.3) is 5.65 Å². The smallest absolute Gasteiger partial charge is 0.281 e. The third-order valence-electron chi connectivity index (χ3n) is 4.88. The highest BCUT2D eigenvalue weighted by atomic mass is 79.9. The number of amides is 1. The van der Waals surface area contributed by atoms with Gasteiger partial charge in [0.1, 0.15) is 5.02 Å². The van der Waals surface area contributed by atoms with E-state index in [0.29, 0.717) is 32.6 Å². The minimum atomic E-state index is -0.259. The number of carbonyl (C=O) groups is 1. The molecule has 0 spiro atoms. The Hall–Kier alpha value is -1.80. The zero-order chi connectivity index (χ0) is 20.7. The van der Waals surface area contributed by atoms with E-state index in [4.69, 9.17) is 28.0 Å². The lowest BCUT2D eigenvalue weighted by molar-refractivity contribution is -0.101. The van der Waals surface area contributed by atoms with E-state index in [-0.39, 0.29) is 11.9 Å². The van der Waals surface area contributed by atoms with Crippen molar-refractivity contribution in [2.75, 3.05) is 12.4 Å². The summed E-state index contributed by atoms with van der Waals surface area (Å²) in [5.41, 5.74) is 3.01. The zero-order valence-electron chi connectivity index (χ0n) is 15.9. The lowest BCUT2D eigenvalue weighted by Gasteiger charge is -2.22. The van der Waals surface area contributed by atoms with Gasteiger partial charge in [0.2, 0.25) is 0 Å². The van der Waals surface area contributed by atoms with Crippen LogP contribution in [-0.2, 0) is 11.3 Å². The average Bonchev–Trinajstić information content (AvgIpc) is 3.44. The summed E-state index contributed by atoms with van der Waals surface area (Å²) in [5, 5.41) is 5.49. The Balaban J connectivity index is 1.88. The van der Waals surface area contributed by atoms with Crippen LogP contribution in [0.15, 0.2) is 35.1 Å². The van der Waals surface area contributed by atoms with Crippen molar-refractivity contribution in [1.29, 1.82) is 0 Å². The molecular weight excluding hydrogens is 479 g/mol. The van der Waals surface area contributed by atoms with E-state index in [9.17, 15) is 4.79 Å². The molecule has 0 bridgehead atoms. The Kier molecular flexibility index (Phi) is 5.75. The van der Waals surface area contributed by atoms with Crippen molar-refractivity contribution in [3.63, 3.8) is 0 Å². The van der Waals surface area contributed by atoms with Gasteiger partial charge in [0, 0.05) is 22.6 Å². The summed E-state index contributed by atoms with van der Waals surface area (Å²) in [4.78, 5) is 23.2. The van der Waals surface area contributed by atoms with Gasteiger partial charge in [-0.05, 0) is 37.5 Å². The van der Waals surface area contributed by atoms with Crippen molar-refractivity contribution < 1.29 is 9.63 Å². The molecule has 1 aliphatic rings. The molecule has 0 radical (unpaired) electrons. The van der Waals surface area contributed by atoms with Crippen LogP contribution < -0.4 is 5.32 Å². The second kappa shape index (κ2) is 8.14. The molecule has 1 aromatic carbocycles. The predicted octanol–water partition coefficient (Wildman–Crippen LogP) is 5.88. The quantitative estimate of drug-likeness (QED) is 0.432. The monoisotopic (exact) mass is 496 g/mol. The van der Waals surface area contributed by atoms with Crippen molar-refractivity contribution >= 4 is 62.1 Å². The van der Waals surface area contributed by atoms with Crippen molar-refractivity contribution in [3.8, 4) is 0 Å². The van der Waals surface area contributed by atoms with Crippen LogP contribution in [0.2, 0.25) is 10.0 Å². The summed E-state index contributed by atoms with van der Waals surface area (Å²) in [6.45, 7) is 2.03. The van der Waals surface area contributed by atoms with Gasteiger partial charge in [0.15, 0.2) is 5.65 Å². The first-order valence-electron chi connectivity index (χ1n) is 9.22. The number of pyridine rings is 1. The SMILES string of the molecule is CCc1cnc2c(Cl)c(Nc3ccc(Br)cc3Cl)c(C(=O)N(OC)C3CC3)cn12. The number of carbonyl (C=O) groups excluding carboxylic acids is 1. The van der Waals surface area contributed by atoms with Gasteiger partial charge in [0.05, 0.1) is 35.1 Å². The molecule has 1 saturated carbocycles. The number of hydrogen-bond acceptors (Lipinski definition) is 4. The topological polar surface area (TPSA) is 58.9 Å². The van der Waals surface area contributed by atoms with Crippen molar-refractivity contribution in [2.45, 2.75) is 32.2 Å². The number of nitrogens with one attached hydrogen (secondary N) is 1. The molecule has 2 heterocycles. The maximum absolute atomic E-state index is 13.4. The van der Waals surface area contributed by atoms with Crippen molar-refractivity contribution in [3.05, 3.63) is 56.4 Å². The third-order valence-corrected chi connectivity index (χ3v) is 6.04. The molecule has 29 heavy (non-hydrogen) atoms. The predicted molar refractivity (Wildman–Crippen MR) is 118 cm³/mol. The number of aryl methyl sites for hydroxylation is 1. The molecule has 0 saturated heterocycles. The first-order chi connectivity index (χ1) is 13.9. The van der Waals surface area contributed by atoms with Gasteiger partial charge in [-0.1, -0.05) is 46.1 Å². The normalized spacial score (nSPS) is 13.7. The largest absolute Gasteiger partial charge is 0.352 e. The van der Waals surface area contributed by atoms with E-state index >= 15 is 0 Å². The molecule has 1 N–H and O–H groups in total. The first kappa shape index (κ1) is 20.5. The van der Waals surface area contributed by atoms with Gasteiger partial charge in [-0.25, -0.2) is 10.0 Å². The Morgan fingerprint density at radius 3 is 2.79 bits per heavy atom. The maximum atomic E-state index is 13.4. The molecule has 0 unspecified atom stereocenters. The third kappa shape index (κ3) is 3.84. The van der Waals surface area contributed by atoms with E-state index in [1.807, 2.05) is 23.5 Å². The van der Waals surface area contributed by atoms with Crippen LogP contribution in [0.5, 0.6) is 0 Å². The van der Waals surface area contributed by atoms with Crippen LogP contribution in [0.3, 0.4) is 0 Å². The number of anilines is 2. The van der Waals surface area contributed by atoms with Crippen LogP contribution in [0, 0.1) is 0 Å². The van der Waals surface area contributed by atoms with Gasteiger partial charge in [-0.15, -0.1) is 0 Å². The highest BCUT2D eigenvalue weighted by Crippen LogP contribution is 2.38. The highest BCUT2D eigenvalue weighted by Gasteiger charge is 2.35. The molecule has 0 aliphatic heterocycles. The summed E-state index contributed by atoms with van der Waals surface area (Å²) in [6, 6.07) is 5.53. The number of aromatic nitrogens is 2. The summed E-state index contributed by atoms with van der Waals surface area (Å²) in [5.74, 6) is -0.259. The number of hydrogen-bond donors (Lipinski definition) is 1. The summed E-state index contributed by atoms with van der Waals surface area (Å²) < 4.78 is 2.70. The standard InChI is InChI=1S/C20H19BrCl2N4O2/c1-3-12-9-24-19-17(23)18(25-16-7-4-11(21)8-15(16)22)14(10-26(12)19)20(28)27(29-2)13-5-6-13/h4,7-10,13,25H,3,5-6H2,1-2H3. The Morgan fingerprint density at radius 1 is 1.41 bits per heavy atom. The minimum absolute atomic E-state index is 0.0829. The van der Waals surface area contributed by atoms with E-state index in [1.165, 1.54) is 12.2 Å². The zero-order valence-corrected chi connectivity index (χ0v) is 19.0. The van der Waals surface area contributed by atoms with E-state index in [2.05, 4.69) is 26.2 Å². The number of imidazole rings is 1. The summed E-state index contributed by atoms with van der Waals surface area (Å²) in [7, 11) is 1.50. The Bertz CT molecular complexity index is 1100. The molecule has 1 aliphatic carbocycles. The number of fused-ring (bicyclic) bond motifs is 1. The molecule has 152 valence electrons. The number of hydroxylamine groups is 2. The second-order valence-electron chi connectivity index (χ2n) is 6.82. The molecule has 1 fully saturated rings. The molecule has 1 amide bonds. The fourth-order valence-corrected chi connectivity index (χ4v) is 4.23. The van der Waals surface area contributed by atoms with Crippen LogP contribution >= 0.6 is 39.1 Å². The maximum Gasteiger partial charge on any atom is 0.281 e. The molecule has 6 nitrogen and oxygen atoms in total. The number of nitrogens with zero attached hydrogens (tertiary/aromatic N) is 3. The molecule has 4 rings (SSSR count). The van der Waals surface area contributed by atoms with Gasteiger partial charge in [-0.3, -0.25) is 9.63 Å². The highest BCUT2D eigenvalue weighted by molar-refractivity contribution is 9.10. The van der Waals surface area contributed by atoms with E-state index in [0.717, 1.165) is 29.4 Å². The van der Waals surface area contributed by atoms with Crippen LogP contribution in [0.4, 0.5) is 11.4 Å². The number of halogens is 3. The Morgan fingerprint density at radius 2 is 2.17 bits per heavy atom.